The van der Waals surface area contributed by atoms with Crippen molar-refractivity contribution in [3.05, 3.63) is 53.6 Å². The van der Waals surface area contributed by atoms with Crippen LogP contribution in [0.4, 0.5) is 11.4 Å². The van der Waals surface area contributed by atoms with E-state index in [1.54, 1.807) is 24.3 Å². The Kier molecular flexibility index (Phi) is 7.79. The topological polar surface area (TPSA) is 79.0 Å². The molecule has 7 nitrogen and oxygen atoms in total. The molecule has 1 heterocycles. The van der Waals surface area contributed by atoms with Crippen molar-refractivity contribution in [1.29, 1.82) is 0 Å². The highest BCUT2D eigenvalue weighted by atomic mass is 32.2. The van der Waals surface area contributed by atoms with E-state index >= 15 is 0 Å². The first-order valence-corrected chi connectivity index (χ1v) is 12.5. The average Bonchev–Trinajstić information content (AvgIpc) is 2.78. The van der Waals surface area contributed by atoms with Crippen LogP contribution in [0.3, 0.4) is 0 Å². The van der Waals surface area contributed by atoms with Crippen LogP contribution in [-0.2, 0) is 15.0 Å². The first-order chi connectivity index (χ1) is 15.3. The fourth-order valence-electron chi connectivity index (χ4n) is 3.98. The zero-order valence-corrected chi connectivity index (χ0v) is 20.1. The number of nitrogens with one attached hydrogen (secondary N) is 1. The van der Waals surface area contributed by atoms with Crippen molar-refractivity contribution < 1.29 is 17.9 Å². The van der Waals surface area contributed by atoms with Crippen molar-refractivity contribution in [3.63, 3.8) is 0 Å². The van der Waals surface area contributed by atoms with Crippen molar-refractivity contribution in [3.8, 4) is 5.75 Å². The van der Waals surface area contributed by atoms with Gasteiger partial charge in [0.05, 0.1) is 18.2 Å². The quantitative estimate of drug-likeness (QED) is 0.644. The molecule has 2 aromatic carbocycles. The normalized spacial score (nSPS) is 17.1. The molecule has 0 bridgehead atoms. The number of carbonyl (C=O) groups is 1. The summed E-state index contributed by atoms with van der Waals surface area (Å²) in [5.41, 5.74) is 3.48. The van der Waals surface area contributed by atoms with Crippen LogP contribution >= 0.6 is 0 Å². The van der Waals surface area contributed by atoms with E-state index in [1.165, 1.54) is 8.61 Å². The van der Waals surface area contributed by atoms with Crippen molar-refractivity contribution in [1.82, 2.24) is 4.31 Å². The van der Waals surface area contributed by atoms with Crippen molar-refractivity contribution in [2.75, 3.05) is 35.9 Å². The lowest BCUT2D eigenvalue weighted by Crippen LogP contribution is -2.50. The zero-order valence-electron chi connectivity index (χ0n) is 19.3. The number of ether oxygens (including phenoxy) is 1. The highest BCUT2D eigenvalue weighted by molar-refractivity contribution is 7.90. The van der Waals surface area contributed by atoms with E-state index in [0.29, 0.717) is 44.0 Å². The Morgan fingerprint density at radius 3 is 2.53 bits per heavy atom. The molecule has 2 aromatic rings. The predicted octanol–water partition coefficient (Wildman–Crippen LogP) is 4.12. The highest BCUT2D eigenvalue weighted by Crippen LogP contribution is 2.28. The van der Waals surface area contributed by atoms with Crippen LogP contribution in [-0.4, -0.2) is 44.9 Å². The SMILES string of the molecule is CCOc1ccc(N(CC)S(=O)(=O)N2CCCC(C(=O)Nc3cccc(C)c3C)C2)cc1. The number of anilines is 2. The fourth-order valence-corrected chi connectivity index (χ4v) is 5.70. The first-order valence-electron chi connectivity index (χ1n) is 11.2. The summed E-state index contributed by atoms with van der Waals surface area (Å²) >= 11 is 0. The molecule has 0 aromatic heterocycles. The summed E-state index contributed by atoms with van der Waals surface area (Å²) < 4.78 is 35.2. The van der Waals surface area contributed by atoms with Gasteiger partial charge in [-0.25, -0.2) is 0 Å². The zero-order chi connectivity index (χ0) is 23.3. The number of aryl methyl sites for hydroxylation is 1. The number of hydrogen-bond donors (Lipinski definition) is 1. The Labute approximate surface area is 191 Å². The van der Waals surface area contributed by atoms with E-state index in [1.807, 2.05) is 45.9 Å². The van der Waals surface area contributed by atoms with Crippen LogP contribution in [0.15, 0.2) is 42.5 Å². The number of hydrogen-bond acceptors (Lipinski definition) is 4. The van der Waals surface area contributed by atoms with E-state index in [0.717, 1.165) is 16.8 Å². The molecule has 32 heavy (non-hydrogen) atoms. The Morgan fingerprint density at radius 2 is 1.88 bits per heavy atom. The minimum atomic E-state index is -3.76. The van der Waals surface area contributed by atoms with Crippen molar-refractivity contribution >= 4 is 27.5 Å². The standard InChI is InChI=1S/C24H33N3O4S/c1-5-27(21-12-14-22(15-13-21)31-6-2)32(29,30)26-16-8-10-20(17-26)24(28)25-23-11-7-9-18(3)19(23)4/h7,9,11-15,20H,5-6,8,10,16-17H2,1-4H3,(H,25,28). The van der Waals surface area contributed by atoms with Crippen LogP contribution in [0.1, 0.15) is 37.8 Å². The van der Waals surface area contributed by atoms with Gasteiger partial charge in [0.1, 0.15) is 5.75 Å². The van der Waals surface area contributed by atoms with Gasteiger partial charge >= 0.3 is 10.2 Å². The summed E-state index contributed by atoms with van der Waals surface area (Å²) in [6.07, 6.45) is 1.31. The van der Waals surface area contributed by atoms with Gasteiger partial charge < -0.3 is 10.1 Å². The molecule has 3 rings (SSSR count). The molecule has 1 aliphatic rings. The second kappa shape index (κ2) is 10.4. The van der Waals surface area contributed by atoms with Gasteiger partial charge in [-0.1, -0.05) is 12.1 Å². The van der Waals surface area contributed by atoms with Gasteiger partial charge in [-0.3, -0.25) is 9.10 Å². The van der Waals surface area contributed by atoms with Crippen LogP contribution < -0.4 is 14.4 Å². The van der Waals surface area contributed by atoms with E-state index in [2.05, 4.69) is 5.32 Å². The molecular formula is C24H33N3O4S. The third-order valence-electron chi connectivity index (χ3n) is 5.95. The van der Waals surface area contributed by atoms with Gasteiger partial charge in [0.2, 0.25) is 5.91 Å². The molecule has 1 fully saturated rings. The van der Waals surface area contributed by atoms with E-state index in [9.17, 15) is 13.2 Å². The molecule has 0 aliphatic carbocycles. The van der Waals surface area contributed by atoms with Gasteiger partial charge in [0.25, 0.3) is 0 Å². The minimum absolute atomic E-state index is 0.136. The number of amides is 1. The monoisotopic (exact) mass is 459 g/mol. The molecule has 1 amide bonds. The van der Waals surface area contributed by atoms with Crippen LogP contribution in [0, 0.1) is 19.8 Å². The minimum Gasteiger partial charge on any atom is -0.494 e. The lowest BCUT2D eigenvalue weighted by atomic mass is 9.98. The molecule has 0 spiro atoms. The van der Waals surface area contributed by atoms with Crippen LogP contribution in [0.25, 0.3) is 0 Å². The van der Waals surface area contributed by atoms with Crippen LogP contribution in [0.5, 0.6) is 5.75 Å². The maximum Gasteiger partial charge on any atom is 0.304 e. The van der Waals surface area contributed by atoms with Gasteiger partial charge in [-0.05, 0) is 82.0 Å². The molecule has 1 aliphatic heterocycles. The van der Waals surface area contributed by atoms with E-state index in [-0.39, 0.29) is 12.5 Å². The summed E-state index contributed by atoms with van der Waals surface area (Å²) in [5, 5.41) is 3.00. The Hall–Kier alpha value is -2.58. The summed E-state index contributed by atoms with van der Waals surface area (Å²) in [6.45, 7) is 9.11. The molecule has 1 N–H and O–H groups in total. The first kappa shape index (κ1) is 24.1. The van der Waals surface area contributed by atoms with Gasteiger partial charge in [-0.2, -0.15) is 12.7 Å². The average molecular weight is 460 g/mol. The van der Waals surface area contributed by atoms with Crippen LogP contribution in [0.2, 0.25) is 0 Å². The largest absolute Gasteiger partial charge is 0.494 e. The van der Waals surface area contributed by atoms with E-state index < -0.39 is 16.1 Å². The molecule has 0 saturated carbocycles. The second-order valence-electron chi connectivity index (χ2n) is 8.03. The molecular weight excluding hydrogens is 426 g/mol. The smallest absolute Gasteiger partial charge is 0.304 e. The molecule has 1 saturated heterocycles. The summed E-state index contributed by atoms with van der Waals surface area (Å²) in [7, 11) is -3.76. The fraction of sp³-hybridized carbons (Fsp3) is 0.458. The molecule has 8 heteroatoms. The Morgan fingerprint density at radius 1 is 1.16 bits per heavy atom. The second-order valence-corrected chi connectivity index (χ2v) is 9.89. The Balaban J connectivity index is 1.74. The number of nitrogens with zero attached hydrogens (tertiary/aromatic N) is 2. The van der Waals surface area contributed by atoms with Gasteiger partial charge in [-0.15, -0.1) is 0 Å². The lowest BCUT2D eigenvalue weighted by molar-refractivity contribution is -0.120. The summed E-state index contributed by atoms with van der Waals surface area (Å²) in [4.78, 5) is 13.0. The third-order valence-corrected chi connectivity index (χ3v) is 7.96. The predicted molar refractivity (Wildman–Crippen MR) is 128 cm³/mol. The number of carbonyl (C=O) groups excluding carboxylic acids is 1. The number of piperidine rings is 1. The Bertz CT molecular complexity index is 1040. The maximum atomic E-state index is 13.4. The molecule has 1 atom stereocenters. The van der Waals surface area contributed by atoms with Crippen molar-refractivity contribution in [2.45, 2.75) is 40.5 Å². The summed E-state index contributed by atoms with van der Waals surface area (Å²) in [5.74, 6) is 0.172. The highest BCUT2D eigenvalue weighted by Gasteiger charge is 2.35. The number of benzene rings is 2. The molecule has 174 valence electrons. The number of rotatable bonds is 8. The third kappa shape index (κ3) is 5.24. The van der Waals surface area contributed by atoms with Gasteiger partial charge in [0.15, 0.2) is 0 Å². The molecule has 1 unspecified atom stereocenters. The molecule has 0 radical (unpaired) electrons. The van der Waals surface area contributed by atoms with Gasteiger partial charge in [0, 0.05) is 25.3 Å². The van der Waals surface area contributed by atoms with E-state index in [4.69, 9.17) is 4.74 Å². The maximum absolute atomic E-state index is 13.4. The lowest BCUT2D eigenvalue weighted by Gasteiger charge is -2.35. The summed E-state index contributed by atoms with van der Waals surface area (Å²) in [6, 6.07) is 12.8. The van der Waals surface area contributed by atoms with Crippen molar-refractivity contribution in [2.24, 2.45) is 5.92 Å².